The molecule has 0 aromatic carbocycles. The molecule has 2 aliphatic heterocycles. The molecule has 0 aliphatic carbocycles. The third-order valence-electron chi connectivity index (χ3n) is 4.41. The number of carbonyl (C=O) groups is 2. The molecule has 0 saturated carbocycles. The maximum Gasteiger partial charge on any atom is 0.585 e. The molecule has 2 unspecified atom stereocenters. The summed E-state index contributed by atoms with van der Waals surface area (Å²) >= 11 is 0.782. The lowest BCUT2D eigenvalue weighted by molar-refractivity contribution is -0.119. The first kappa shape index (κ1) is 21.6. The second-order valence-corrected chi connectivity index (χ2v) is 9.51. The average Bonchev–Trinajstić information content (AvgIpc) is 3.08. The molecule has 3 heterocycles. The Kier molecular flexibility index (Phi) is 6.22. The van der Waals surface area contributed by atoms with Gasteiger partial charge in [-0.25, -0.2) is 9.59 Å². The third kappa shape index (κ3) is 4.57. The van der Waals surface area contributed by atoms with E-state index in [-0.39, 0.29) is 12.4 Å². The average molecular weight is 449 g/mol. The van der Waals surface area contributed by atoms with E-state index in [2.05, 4.69) is 5.32 Å². The first-order valence-electron chi connectivity index (χ1n) is 8.31. The number of hydrogen-bond donors (Lipinski definition) is 5. The predicted molar refractivity (Wildman–Crippen MR) is 98.3 cm³/mol. The van der Waals surface area contributed by atoms with E-state index in [1.54, 1.807) is 0 Å². The summed E-state index contributed by atoms with van der Waals surface area (Å²) in [5.74, 6) is -0.529. The Labute approximate surface area is 167 Å². The molecule has 29 heavy (non-hydrogen) atoms. The van der Waals surface area contributed by atoms with Crippen LogP contribution in [0, 0.1) is 0 Å². The van der Waals surface area contributed by atoms with Gasteiger partial charge in [0.2, 0.25) is 0 Å². The highest BCUT2D eigenvalue weighted by Gasteiger charge is 2.54. The summed E-state index contributed by atoms with van der Waals surface area (Å²) in [6.45, 7) is 0.868. The number of aromatic amines is 1. The van der Waals surface area contributed by atoms with Crippen LogP contribution in [0.3, 0.4) is 0 Å². The van der Waals surface area contributed by atoms with Crippen molar-refractivity contribution < 1.29 is 33.6 Å². The topological polar surface area (TPSA) is 189 Å². The SMILES string of the molecule is C[C@@]1(O)[C@H](O)[C@@H](CO[P+](=O)SCC2NC(=O)NC2=O)O[C@H]1n1ccc(=O)[nH]c1=O. The van der Waals surface area contributed by atoms with E-state index in [1.807, 2.05) is 10.3 Å². The molecule has 13 nitrogen and oxygen atoms in total. The number of ether oxygens (including phenoxy) is 1. The third-order valence-corrected chi connectivity index (χ3v) is 6.86. The number of aliphatic hydroxyl groups excluding tert-OH is 1. The molecule has 1 aromatic heterocycles. The van der Waals surface area contributed by atoms with E-state index in [9.17, 15) is 34.0 Å². The van der Waals surface area contributed by atoms with Crippen molar-refractivity contribution in [2.75, 3.05) is 12.4 Å². The highest BCUT2D eigenvalue weighted by atomic mass is 32.7. The summed E-state index contributed by atoms with van der Waals surface area (Å²) in [4.78, 5) is 47.6. The number of aromatic nitrogens is 2. The van der Waals surface area contributed by atoms with Gasteiger partial charge in [0, 0.05) is 12.3 Å². The molecule has 0 bridgehead atoms. The molecule has 3 amide bonds. The number of carbonyl (C=O) groups excluding carboxylic acids is 2. The summed E-state index contributed by atoms with van der Waals surface area (Å²) in [5.41, 5.74) is -3.37. The van der Waals surface area contributed by atoms with Crippen LogP contribution in [0.5, 0.6) is 0 Å². The van der Waals surface area contributed by atoms with Gasteiger partial charge in [-0.2, -0.15) is 0 Å². The second kappa shape index (κ2) is 8.34. The van der Waals surface area contributed by atoms with E-state index >= 15 is 0 Å². The van der Waals surface area contributed by atoms with Gasteiger partial charge in [-0.05, 0) is 11.5 Å². The molecule has 2 aliphatic rings. The van der Waals surface area contributed by atoms with E-state index < -0.39 is 60.5 Å². The number of H-pyrrole nitrogens is 1. The Balaban J connectivity index is 1.58. The minimum absolute atomic E-state index is 0.00790. The number of imide groups is 1. The number of nitrogens with zero attached hydrogens (tertiary/aromatic N) is 1. The normalized spacial score (nSPS) is 32.2. The zero-order chi connectivity index (χ0) is 21.3. The van der Waals surface area contributed by atoms with Crippen molar-refractivity contribution in [3.8, 4) is 0 Å². The van der Waals surface area contributed by atoms with E-state index in [0.29, 0.717) is 0 Å². The first-order chi connectivity index (χ1) is 13.6. The highest BCUT2D eigenvalue weighted by Crippen LogP contribution is 2.42. The van der Waals surface area contributed by atoms with Gasteiger partial charge in [0.25, 0.3) is 11.5 Å². The Morgan fingerprint density at radius 2 is 2.10 bits per heavy atom. The van der Waals surface area contributed by atoms with Crippen LogP contribution in [0.2, 0.25) is 0 Å². The minimum Gasteiger partial charge on any atom is -0.387 e. The van der Waals surface area contributed by atoms with Crippen molar-refractivity contribution in [1.82, 2.24) is 20.2 Å². The molecular weight excluding hydrogens is 431 g/mol. The van der Waals surface area contributed by atoms with Gasteiger partial charge in [-0.3, -0.25) is 24.5 Å². The summed E-state index contributed by atoms with van der Waals surface area (Å²) in [6, 6.07) is -0.409. The molecule has 6 atom stereocenters. The fourth-order valence-electron chi connectivity index (χ4n) is 2.87. The second-order valence-electron chi connectivity index (χ2n) is 6.55. The van der Waals surface area contributed by atoms with Gasteiger partial charge in [0.1, 0.15) is 30.5 Å². The smallest absolute Gasteiger partial charge is 0.387 e. The van der Waals surface area contributed by atoms with Crippen LogP contribution in [-0.4, -0.2) is 67.9 Å². The summed E-state index contributed by atoms with van der Waals surface area (Å²) in [7, 11) is -2.33. The maximum atomic E-state index is 12.0. The first-order valence-corrected chi connectivity index (χ1v) is 11.1. The fraction of sp³-hybridized carbons (Fsp3) is 0.571. The zero-order valence-corrected chi connectivity index (χ0v) is 16.6. The number of amides is 3. The Morgan fingerprint density at radius 3 is 2.72 bits per heavy atom. The quantitative estimate of drug-likeness (QED) is 0.234. The van der Waals surface area contributed by atoms with Gasteiger partial charge in [-0.1, -0.05) is 0 Å². The van der Waals surface area contributed by atoms with Crippen molar-refractivity contribution >= 4 is 30.5 Å². The van der Waals surface area contributed by atoms with E-state index in [0.717, 1.165) is 28.2 Å². The number of hydrogen-bond acceptors (Lipinski definition) is 10. The van der Waals surface area contributed by atoms with Crippen LogP contribution in [-0.2, 0) is 18.6 Å². The number of urea groups is 1. The molecule has 2 fully saturated rings. The molecule has 3 rings (SSSR count). The molecular formula is C14H18N4O9PS+. The number of aliphatic hydroxyl groups is 2. The maximum absolute atomic E-state index is 12.0. The van der Waals surface area contributed by atoms with E-state index in [4.69, 9.17) is 9.26 Å². The van der Waals surface area contributed by atoms with Crippen LogP contribution in [0.15, 0.2) is 21.9 Å². The van der Waals surface area contributed by atoms with Crippen LogP contribution in [0.25, 0.3) is 0 Å². The lowest BCUT2D eigenvalue weighted by Crippen LogP contribution is -2.46. The zero-order valence-electron chi connectivity index (χ0n) is 14.9. The van der Waals surface area contributed by atoms with Gasteiger partial charge in [0.05, 0.1) is 5.75 Å². The number of rotatable bonds is 7. The Hall–Kier alpha value is -2.09. The Bertz CT molecular complexity index is 948. The van der Waals surface area contributed by atoms with Crippen molar-refractivity contribution in [1.29, 1.82) is 0 Å². The minimum atomic E-state index is -2.33. The number of nitrogens with one attached hydrogen (secondary N) is 3. The van der Waals surface area contributed by atoms with Crippen molar-refractivity contribution in [2.24, 2.45) is 0 Å². The fourth-order valence-corrected chi connectivity index (χ4v) is 4.94. The van der Waals surface area contributed by atoms with Crippen LogP contribution in [0.1, 0.15) is 13.2 Å². The molecule has 0 radical (unpaired) electrons. The molecule has 15 heteroatoms. The van der Waals surface area contributed by atoms with Crippen LogP contribution in [0.4, 0.5) is 4.79 Å². The molecule has 5 N–H and O–H groups in total. The molecule has 158 valence electrons. The van der Waals surface area contributed by atoms with Gasteiger partial charge in [-0.15, -0.1) is 4.52 Å². The van der Waals surface area contributed by atoms with Crippen molar-refractivity contribution in [2.45, 2.75) is 37.0 Å². The van der Waals surface area contributed by atoms with Gasteiger partial charge >= 0.3 is 19.0 Å². The molecule has 2 saturated heterocycles. The monoisotopic (exact) mass is 449 g/mol. The summed E-state index contributed by atoms with van der Waals surface area (Å²) in [6.07, 6.45) is -2.81. The van der Waals surface area contributed by atoms with Gasteiger partial charge < -0.3 is 20.3 Å². The largest absolute Gasteiger partial charge is 0.585 e. The van der Waals surface area contributed by atoms with Crippen LogP contribution >= 0.6 is 18.6 Å². The molecule has 1 aromatic rings. The predicted octanol–water partition coefficient (Wildman–Crippen LogP) is -1.84. The Morgan fingerprint density at radius 1 is 1.38 bits per heavy atom. The van der Waals surface area contributed by atoms with Crippen molar-refractivity contribution in [3.05, 3.63) is 33.1 Å². The lowest BCUT2D eigenvalue weighted by atomic mass is 9.96. The summed E-state index contributed by atoms with van der Waals surface area (Å²) < 4.78 is 23.6. The summed E-state index contributed by atoms with van der Waals surface area (Å²) in [5, 5.41) is 25.3. The standard InChI is InChI=1S/C14H17N4O9PS/c1-14(24)9(20)7(27-11(14)18-3-2-8(19)16-13(18)23)4-26-28(25)29-5-6-10(21)17-12(22)15-6/h2-3,6-7,9,11,20,24H,4-5H2,1H3,(H2-,15,16,17,19,21,22,23)/p+1/t6?,7-,9-,11-,14-/m1/s1. The molecule has 0 spiro atoms. The van der Waals surface area contributed by atoms with E-state index in [1.165, 1.54) is 6.92 Å². The van der Waals surface area contributed by atoms with Gasteiger partial charge in [0.15, 0.2) is 17.6 Å². The lowest BCUT2D eigenvalue weighted by Gasteiger charge is -2.27. The highest BCUT2D eigenvalue weighted by molar-refractivity contribution is 8.50. The van der Waals surface area contributed by atoms with Crippen LogP contribution < -0.4 is 21.9 Å². The van der Waals surface area contributed by atoms with Crippen molar-refractivity contribution in [3.63, 3.8) is 0 Å².